The topological polar surface area (TPSA) is 73.2 Å². The molecule has 6 nitrogen and oxygen atoms in total. The molecule has 0 atom stereocenters. The second kappa shape index (κ2) is 8.05. The lowest BCUT2D eigenvalue weighted by Crippen LogP contribution is -2.33. The lowest BCUT2D eigenvalue weighted by molar-refractivity contribution is -0.121. The first-order chi connectivity index (χ1) is 10.6. The lowest BCUT2D eigenvalue weighted by atomic mass is 10.2. The highest BCUT2D eigenvalue weighted by molar-refractivity contribution is 9.10. The van der Waals surface area contributed by atoms with E-state index in [4.69, 9.17) is 4.74 Å². The number of fused-ring (bicyclic) bond motifs is 1. The van der Waals surface area contributed by atoms with Gasteiger partial charge in [0, 0.05) is 24.2 Å². The monoisotopic (exact) mass is 367 g/mol. The molecule has 1 N–H and O–H groups in total. The maximum atomic E-state index is 12.3. The Bertz CT molecular complexity index is 715. The Hall–Kier alpha value is -1.73. The molecule has 2 aromatic rings. The molecule has 0 spiro atoms. The zero-order valence-corrected chi connectivity index (χ0v) is 13.9. The van der Waals surface area contributed by atoms with E-state index in [-0.39, 0.29) is 18.0 Å². The van der Waals surface area contributed by atoms with Crippen LogP contribution in [0.15, 0.2) is 33.8 Å². The number of halogens is 1. The molecule has 0 saturated heterocycles. The van der Waals surface area contributed by atoms with E-state index < -0.39 is 0 Å². The van der Waals surface area contributed by atoms with Crippen LogP contribution in [0.3, 0.4) is 0 Å². The minimum atomic E-state index is -0.226. The minimum absolute atomic E-state index is 0.0388. The Morgan fingerprint density at radius 2 is 2.27 bits per heavy atom. The maximum absolute atomic E-state index is 12.3. The van der Waals surface area contributed by atoms with Crippen LogP contribution in [-0.2, 0) is 16.1 Å². The number of ether oxygens (including phenoxy) is 1. The van der Waals surface area contributed by atoms with Gasteiger partial charge in [-0.15, -0.1) is 0 Å². The van der Waals surface area contributed by atoms with Gasteiger partial charge >= 0.3 is 0 Å². The molecule has 2 rings (SSSR count). The molecule has 1 aromatic heterocycles. The van der Waals surface area contributed by atoms with Crippen LogP contribution in [0.2, 0.25) is 0 Å². The van der Waals surface area contributed by atoms with E-state index in [2.05, 4.69) is 26.2 Å². The molecule has 0 aliphatic rings. The minimum Gasteiger partial charge on any atom is -0.382 e. The predicted octanol–water partition coefficient (Wildman–Crippen LogP) is 1.70. The van der Waals surface area contributed by atoms with Gasteiger partial charge in [0.05, 0.1) is 17.2 Å². The summed E-state index contributed by atoms with van der Waals surface area (Å²) >= 11 is 3.33. The fourth-order valence-electron chi connectivity index (χ4n) is 2.00. The average molecular weight is 368 g/mol. The molecule has 1 amide bonds. The SMILES string of the molecule is CCOCCCNC(=O)Cn1cnc2ccc(Br)cc2c1=O. The molecule has 0 saturated carbocycles. The molecule has 0 aliphatic carbocycles. The fourth-order valence-corrected chi connectivity index (χ4v) is 2.36. The van der Waals surface area contributed by atoms with Crippen molar-refractivity contribution in [3.05, 3.63) is 39.4 Å². The van der Waals surface area contributed by atoms with Gasteiger partial charge in [-0.1, -0.05) is 15.9 Å². The van der Waals surface area contributed by atoms with Gasteiger partial charge in [0.1, 0.15) is 6.54 Å². The van der Waals surface area contributed by atoms with Gasteiger partial charge in [0.15, 0.2) is 0 Å². The summed E-state index contributed by atoms with van der Waals surface area (Å²) in [6, 6.07) is 5.30. The Morgan fingerprint density at radius 1 is 1.45 bits per heavy atom. The molecule has 0 unspecified atom stereocenters. The van der Waals surface area contributed by atoms with Gasteiger partial charge in [-0.05, 0) is 31.5 Å². The molecule has 0 bridgehead atoms. The first-order valence-electron chi connectivity index (χ1n) is 7.11. The molecule has 1 aromatic carbocycles. The third kappa shape index (κ3) is 4.38. The van der Waals surface area contributed by atoms with Crippen LogP contribution < -0.4 is 10.9 Å². The van der Waals surface area contributed by atoms with Gasteiger partial charge in [0.25, 0.3) is 5.56 Å². The summed E-state index contributed by atoms with van der Waals surface area (Å²) in [5, 5.41) is 3.25. The smallest absolute Gasteiger partial charge is 0.261 e. The van der Waals surface area contributed by atoms with Crippen molar-refractivity contribution in [2.24, 2.45) is 0 Å². The number of nitrogens with zero attached hydrogens (tertiary/aromatic N) is 2. The van der Waals surface area contributed by atoms with Crippen molar-refractivity contribution in [3.8, 4) is 0 Å². The van der Waals surface area contributed by atoms with Crippen LogP contribution in [0.4, 0.5) is 0 Å². The molecule has 0 radical (unpaired) electrons. The van der Waals surface area contributed by atoms with E-state index in [0.29, 0.717) is 30.7 Å². The van der Waals surface area contributed by atoms with Gasteiger partial charge in [0.2, 0.25) is 5.91 Å². The van der Waals surface area contributed by atoms with Crippen molar-refractivity contribution in [1.82, 2.24) is 14.9 Å². The van der Waals surface area contributed by atoms with Crippen LogP contribution in [0.25, 0.3) is 10.9 Å². The molecule has 22 heavy (non-hydrogen) atoms. The van der Waals surface area contributed by atoms with Crippen LogP contribution in [0, 0.1) is 0 Å². The molecule has 0 aliphatic heterocycles. The number of carbonyl (C=O) groups excluding carboxylic acids is 1. The number of rotatable bonds is 7. The van der Waals surface area contributed by atoms with Gasteiger partial charge < -0.3 is 10.1 Å². The van der Waals surface area contributed by atoms with Gasteiger partial charge in [-0.2, -0.15) is 0 Å². The predicted molar refractivity (Wildman–Crippen MR) is 87.8 cm³/mol. The molecule has 118 valence electrons. The van der Waals surface area contributed by atoms with Gasteiger partial charge in [-0.25, -0.2) is 4.98 Å². The van der Waals surface area contributed by atoms with E-state index in [1.54, 1.807) is 12.1 Å². The summed E-state index contributed by atoms with van der Waals surface area (Å²) in [7, 11) is 0. The van der Waals surface area contributed by atoms with Crippen LogP contribution >= 0.6 is 15.9 Å². The van der Waals surface area contributed by atoms with Crippen LogP contribution in [0.1, 0.15) is 13.3 Å². The van der Waals surface area contributed by atoms with Gasteiger partial charge in [-0.3, -0.25) is 14.2 Å². The van der Waals surface area contributed by atoms with Crippen molar-refractivity contribution in [3.63, 3.8) is 0 Å². The Labute approximate surface area is 136 Å². The standard InChI is InChI=1S/C15H18BrN3O3/c1-2-22-7-3-6-17-14(20)9-19-10-18-13-5-4-11(16)8-12(13)15(19)21/h4-5,8,10H,2-3,6-7,9H2,1H3,(H,17,20). The highest BCUT2D eigenvalue weighted by Gasteiger charge is 2.08. The normalized spacial score (nSPS) is 10.8. The van der Waals surface area contributed by atoms with Crippen molar-refractivity contribution in [1.29, 1.82) is 0 Å². The van der Waals surface area contributed by atoms with E-state index in [1.165, 1.54) is 10.9 Å². The van der Waals surface area contributed by atoms with Crippen molar-refractivity contribution >= 4 is 32.7 Å². The second-order valence-corrected chi connectivity index (χ2v) is 5.66. The third-order valence-electron chi connectivity index (χ3n) is 3.09. The molecular weight excluding hydrogens is 350 g/mol. The quantitative estimate of drug-likeness (QED) is 0.755. The second-order valence-electron chi connectivity index (χ2n) is 4.74. The first kappa shape index (κ1) is 16.6. The Morgan fingerprint density at radius 3 is 3.05 bits per heavy atom. The van der Waals surface area contributed by atoms with E-state index in [1.807, 2.05) is 13.0 Å². The number of hydrogen-bond donors (Lipinski definition) is 1. The summed E-state index contributed by atoms with van der Waals surface area (Å²) in [4.78, 5) is 28.4. The van der Waals surface area contributed by atoms with E-state index in [0.717, 1.165) is 10.9 Å². The molecule has 7 heteroatoms. The number of benzene rings is 1. The van der Waals surface area contributed by atoms with Crippen LogP contribution in [-0.4, -0.2) is 35.2 Å². The summed E-state index contributed by atoms with van der Waals surface area (Å²) in [5.41, 5.74) is 0.386. The zero-order valence-electron chi connectivity index (χ0n) is 12.3. The summed E-state index contributed by atoms with van der Waals surface area (Å²) < 4.78 is 7.31. The Kier molecular flexibility index (Phi) is 6.09. The number of aromatic nitrogens is 2. The highest BCUT2D eigenvalue weighted by atomic mass is 79.9. The number of nitrogens with one attached hydrogen (secondary N) is 1. The van der Waals surface area contributed by atoms with Crippen molar-refractivity contribution < 1.29 is 9.53 Å². The fraction of sp³-hybridized carbons (Fsp3) is 0.400. The average Bonchev–Trinajstić information content (AvgIpc) is 2.50. The van der Waals surface area contributed by atoms with E-state index in [9.17, 15) is 9.59 Å². The van der Waals surface area contributed by atoms with Crippen LogP contribution in [0.5, 0.6) is 0 Å². The third-order valence-corrected chi connectivity index (χ3v) is 3.59. The highest BCUT2D eigenvalue weighted by Crippen LogP contribution is 2.14. The van der Waals surface area contributed by atoms with E-state index >= 15 is 0 Å². The van der Waals surface area contributed by atoms with Crippen molar-refractivity contribution in [2.75, 3.05) is 19.8 Å². The maximum Gasteiger partial charge on any atom is 0.261 e. The number of amides is 1. The summed E-state index contributed by atoms with van der Waals surface area (Å²) in [6.45, 7) is 3.70. The summed E-state index contributed by atoms with van der Waals surface area (Å²) in [5.74, 6) is -0.213. The Balaban J connectivity index is 2.01. The first-order valence-corrected chi connectivity index (χ1v) is 7.90. The molecule has 0 fully saturated rings. The molecular formula is C15H18BrN3O3. The molecule has 1 heterocycles. The van der Waals surface area contributed by atoms with Crippen molar-refractivity contribution in [2.45, 2.75) is 19.9 Å². The zero-order chi connectivity index (χ0) is 15.9. The number of hydrogen-bond acceptors (Lipinski definition) is 4. The largest absolute Gasteiger partial charge is 0.382 e. The lowest BCUT2D eigenvalue weighted by Gasteiger charge is -2.08. The summed E-state index contributed by atoms with van der Waals surface area (Å²) in [6.07, 6.45) is 2.15. The number of carbonyl (C=O) groups is 1.